The highest BCUT2D eigenvalue weighted by Crippen LogP contribution is 2.27. The summed E-state index contributed by atoms with van der Waals surface area (Å²) in [5, 5.41) is 0.635. The number of rotatable bonds is 3. The molecule has 1 aromatic heterocycles. The largest absolute Gasteiger partial charge is 0.435 e. The molecule has 0 aliphatic rings. The van der Waals surface area contributed by atoms with Gasteiger partial charge in [-0.25, -0.2) is 0 Å². The van der Waals surface area contributed by atoms with Crippen LogP contribution in [0.2, 0.25) is 0 Å². The number of benzene rings is 1. The predicted molar refractivity (Wildman–Crippen MR) is 60.9 cm³/mol. The molecule has 1 aromatic carbocycles. The summed E-state index contributed by atoms with van der Waals surface area (Å²) in [5.74, 6) is 5.45. The highest BCUT2D eigenvalue weighted by molar-refractivity contribution is 5.92. The van der Waals surface area contributed by atoms with E-state index in [-0.39, 0.29) is 5.75 Å². The zero-order valence-corrected chi connectivity index (χ0v) is 9.08. The van der Waals surface area contributed by atoms with Crippen LogP contribution in [0.25, 0.3) is 10.9 Å². The molecule has 17 heavy (non-hydrogen) atoms. The summed E-state index contributed by atoms with van der Waals surface area (Å²) < 4.78 is 28.5. The molecule has 0 aliphatic carbocycles. The molecule has 6 heteroatoms. The maximum atomic E-state index is 12.1. The molecule has 2 aromatic rings. The molecule has 3 N–H and O–H groups in total. The number of aryl methyl sites for hydroxylation is 1. The van der Waals surface area contributed by atoms with Gasteiger partial charge in [-0.2, -0.15) is 8.78 Å². The number of hydrogen-bond acceptors (Lipinski definition) is 4. The van der Waals surface area contributed by atoms with Crippen molar-refractivity contribution in [1.29, 1.82) is 0 Å². The number of nitrogen functional groups attached to an aromatic ring is 1. The van der Waals surface area contributed by atoms with Crippen molar-refractivity contribution in [3.63, 3.8) is 0 Å². The second kappa shape index (κ2) is 4.50. The van der Waals surface area contributed by atoms with Crippen LogP contribution in [0.3, 0.4) is 0 Å². The summed E-state index contributed by atoms with van der Waals surface area (Å²) in [5.41, 5.74) is 4.58. The summed E-state index contributed by atoms with van der Waals surface area (Å²) in [6, 6.07) is 6.26. The molecule has 0 saturated carbocycles. The van der Waals surface area contributed by atoms with E-state index in [1.165, 1.54) is 12.1 Å². The van der Waals surface area contributed by atoms with E-state index in [1.54, 1.807) is 12.1 Å². The minimum atomic E-state index is -2.85. The summed E-state index contributed by atoms with van der Waals surface area (Å²) in [4.78, 5) is 4.27. The summed E-state index contributed by atoms with van der Waals surface area (Å²) in [6.07, 6.45) is 0. The lowest BCUT2D eigenvalue weighted by molar-refractivity contribution is -0.0497. The molecule has 0 amide bonds. The number of pyridine rings is 1. The Balaban J connectivity index is 2.55. The fourth-order valence-electron chi connectivity index (χ4n) is 1.63. The van der Waals surface area contributed by atoms with Crippen molar-refractivity contribution < 1.29 is 13.5 Å². The number of fused-ring (bicyclic) bond motifs is 1. The molecular weight excluding hydrogens is 228 g/mol. The van der Waals surface area contributed by atoms with Gasteiger partial charge in [-0.1, -0.05) is 0 Å². The molecule has 0 saturated heterocycles. The van der Waals surface area contributed by atoms with E-state index in [0.717, 1.165) is 5.69 Å². The van der Waals surface area contributed by atoms with Crippen LogP contribution in [0.4, 0.5) is 14.5 Å². The third-order valence-corrected chi connectivity index (χ3v) is 2.29. The number of halogens is 2. The quantitative estimate of drug-likeness (QED) is 0.638. The SMILES string of the molecule is Cc1cc(NN)c2cc(OC(F)F)ccc2n1. The Morgan fingerprint density at radius 2 is 2.12 bits per heavy atom. The molecule has 0 spiro atoms. The molecule has 0 unspecified atom stereocenters. The lowest BCUT2D eigenvalue weighted by Gasteiger charge is -2.09. The Morgan fingerprint density at radius 3 is 2.76 bits per heavy atom. The van der Waals surface area contributed by atoms with Gasteiger partial charge in [0.15, 0.2) is 0 Å². The van der Waals surface area contributed by atoms with Crippen molar-refractivity contribution in [3.8, 4) is 5.75 Å². The van der Waals surface area contributed by atoms with Crippen LogP contribution in [-0.2, 0) is 0 Å². The molecule has 1 heterocycles. The molecule has 0 bridgehead atoms. The monoisotopic (exact) mass is 239 g/mol. The fourth-order valence-corrected chi connectivity index (χ4v) is 1.63. The van der Waals surface area contributed by atoms with Gasteiger partial charge >= 0.3 is 6.61 Å². The molecule has 0 fully saturated rings. The van der Waals surface area contributed by atoms with Gasteiger partial charge in [0.05, 0.1) is 11.2 Å². The Morgan fingerprint density at radius 1 is 1.35 bits per heavy atom. The van der Waals surface area contributed by atoms with E-state index in [1.807, 2.05) is 6.92 Å². The maximum absolute atomic E-state index is 12.1. The number of hydrogen-bond donors (Lipinski definition) is 2. The van der Waals surface area contributed by atoms with Crippen LogP contribution in [0.5, 0.6) is 5.75 Å². The van der Waals surface area contributed by atoms with Crippen molar-refractivity contribution >= 4 is 16.6 Å². The molecule has 0 radical (unpaired) electrons. The zero-order chi connectivity index (χ0) is 12.4. The van der Waals surface area contributed by atoms with E-state index in [4.69, 9.17) is 5.84 Å². The van der Waals surface area contributed by atoms with Crippen LogP contribution in [0, 0.1) is 6.92 Å². The smallest absolute Gasteiger partial charge is 0.387 e. The van der Waals surface area contributed by atoms with E-state index < -0.39 is 6.61 Å². The summed E-state index contributed by atoms with van der Waals surface area (Å²) in [7, 11) is 0. The first-order chi connectivity index (χ1) is 8.10. The summed E-state index contributed by atoms with van der Waals surface area (Å²) >= 11 is 0. The van der Waals surface area contributed by atoms with E-state index in [9.17, 15) is 8.78 Å². The van der Waals surface area contributed by atoms with Gasteiger partial charge in [-0.3, -0.25) is 10.8 Å². The predicted octanol–water partition coefficient (Wildman–Crippen LogP) is 2.43. The number of nitrogens with zero attached hydrogens (tertiary/aromatic N) is 1. The lowest BCUT2D eigenvalue weighted by atomic mass is 10.1. The zero-order valence-electron chi connectivity index (χ0n) is 9.08. The Bertz CT molecular complexity index is 545. The first kappa shape index (κ1) is 11.5. The van der Waals surface area contributed by atoms with Crippen LogP contribution in [0.1, 0.15) is 5.69 Å². The lowest BCUT2D eigenvalue weighted by Crippen LogP contribution is -2.08. The topological polar surface area (TPSA) is 60.2 Å². The molecular formula is C11H11F2N3O. The van der Waals surface area contributed by atoms with Gasteiger partial charge in [0.2, 0.25) is 0 Å². The number of nitrogens with one attached hydrogen (secondary N) is 1. The molecule has 90 valence electrons. The summed E-state index contributed by atoms with van der Waals surface area (Å²) in [6.45, 7) is -1.02. The van der Waals surface area contributed by atoms with E-state index in [0.29, 0.717) is 16.6 Å². The standard InChI is InChI=1S/C11H11F2N3O/c1-6-4-10(16-14)8-5-7(17-11(12)13)2-3-9(8)15-6/h2-5,11H,14H2,1H3,(H,15,16). The minimum Gasteiger partial charge on any atom is -0.435 e. The first-order valence-corrected chi connectivity index (χ1v) is 4.93. The van der Waals surface area contributed by atoms with Gasteiger partial charge in [0.1, 0.15) is 5.75 Å². The fraction of sp³-hybridized carbons (Fsp3) is 0.182. The van der Waals surface area contributed by atoms with Crippen molar-refractivity contribution in [2.24, 2.45) is 5.84 Å². The number of hydrazine groups is 1. The number of ether oxygens (including phenoxy) is 1. The van der Waals surface area contributed by atoms with Crippen molar-refractivity contribution in [2.75, 3.05) is 5.43 Å². The van der Waals surface area contributed by atoms with Crippen molar-refractivity contribution in [2.45, 2.75) is 13.5 Å². The maximum Gasteiger partial charge on any atom is 0.387 e. The minimum absolute atomic E-state index is 0.0784. The van der Waals surface area contributed by atoms with Gasteiger partial charge in [-0.05, 0) is 31.2 Å². The van der Waals surface area contributed by atoms with Crippen LogP contribution in [-0.4, -0.2) is 11.6 Å². The second-order valence-electron chi connectivity index (χ2n) is 3.51. The van der Waals surface area contributed by atoms with Gasteiger partial charge in [0, 0.05) is 11.1 Å². The van der Waals surface area contributed by atoms with Gasteiger partial charge in [0.25, 0.3) is 0 Å². The normalized spacial score (nSPS) is 10.9. The molecule has 2 rings (SSSR count). The van der Waals surface area contributed by atoms with Crippen molar-refractivity contribution in [1.82, 2.24) is 4.98 Å². The van der Waals surface area contributed by atoms with Gasteiger partial charge < -0.3 is 10.2 Å². The first-order valence-electron chi connectivity index (χ1n) is 4.93. The van der Waals surface area contributed by atoms with E-state index >= 15 is 0 Å². The second-order valence-corrected chi connectivity index (χ2v) is 3.51. The average molecular weight is 239 g/mol. The third-order valence-electron chi connectivity index (χ3n) is 2.29. The highest BCUT2D eigenvalue weighted by atomic mass is 19.3. The van der Waals surface area contributed by atoms with Crippen LogP contribution < -0.4 is 16.0 Å². The molecule has 0 atom stereocenters. The average Bonchev–Trinajstić information content (AvgIpc) is 2.27. The van der Waals surface area contributed by atoms with Gasteiger partial charge in [-0.15, -0.1) is 0 Å². The third kappa shape index (κ3) is 2.42. The number of aromatic nitrogens is 1. The van der Waals surface area contributed by atoms with Crippen LogP contribution >= 0.6 is 0 Å². The Labute approximate surface area is 96.4 Å². The highest BCUT2D eigenvalue weighted by Gasteiger charge is 2.08. The molecule has 4 nitrogen and oxygen atoms in total. The number of nitrogens with two attached hydrogens (primary N) is 1. The number of alkyl halides is 2. The Hall–Kier alpha value is -1.95. The Kier molecular flexibility index (Phi) is 3.06. The van der Waals surface area contributed by atoms with Crippen molar-refractivity contribution in [3.05, 3.63) is 30.0 Å². The number of anilines is 1. The van der Waals surface area contributed by atoms with Crippen LogP contribution in [0.15, 0.2) is 24.3 Å². The van der Waals surface area contributed by atoms with E-state index in [2.05, 4.69) is 15.1 Å². The molecule has 0 aliphatic heterocycles.